The molecule has 0 radical (unpaired) electrons. The summed E-state index contributed by atoms with van der Waals surface area (Å²) in [6.45, 7) is 8.07. The topological polar surface area (TPSA) is 65.8 Å². The van der Waals surface area contributed by atoms with Crippen LogP contribution >= 0.6 is 0 Å². The molecule has 0 amide bonds. The van der Waals surface area contributed by atoms with Crippen LogP contribution in [-0.4, -0.2) is 19.5 Å². The van der Waals surface area contributed by atoms with E-state index in [9.17, 15) is 4.79 Å². The molecule has 0 spiro atoms. The molecule has 0 aliphatic rings. The molecule has 0 fully saturated rings. The first-order valence-corrected chi connectivity index (χ1v) is 7.07. The molecule has 0 aliphatic carbocycles. The fourth-order valence-corrected chi connectivity index (χ4v) is 2.06. The first kappa shape index (κ1) is 14.3. The molecule has 0 aliphatic heterocycles. The number of nitrogens with zero attached hydrogens (tertiary/aromatic N) is 4. The molecule has 0 saturated carbocycles. The molecule has 0 bridgehead atoms. The third-order valence-electron chi connectivity index (χ3n) is 3.43. The van der Waals surface area contributed by atoms with E-state index in [1.165, 1.54) is 15.6 Å². The fourth-order valence-electron chi connectivity index (χ4n) is 2.06. The van der Waals surface area contributed by atoms with Crippen LogP contribution in [0.25, 0.3) is 11.5 Å². The summed E-state index contributed by atoms with van der Waals surface area (Å²) >= 11 is 0. The van der Waals surface area contributed by atoms with E-state index in [4.69, 9.17) is 4.52 Å². The van der Waals surface area contributed by atoms with Gasteiger partial charge in [-0.25, -0.2) is 9.36 Å². The van der Waals surface area contributed by atoms with Gasteiger partial charge in [-0.3, -0.25) is 0 Å². The fraction of sp³-hybridized carbons (Fsp3) is 0.312. The van der Waals surface area contributed by atoms with Crippen molar-refractivity contribution in [3.8, 4) is 11.5 Å². The molecule has 0 saturated heterocycles. The summed E-state index contributed by atoms with van der Waals surface area (Å²) in [5.74, 6) is 1.16. The van der Waals surface area contributed by atoms with Crippen LogP contribution in [0.3, 0.4) is 0 Å². The Kier molecular flexibility index (Phi) is 3.24. The van der Waals surface area contributed by atoms with Gasteiger partial charge < -0.3 is 4.52 Å². The first-order valence-electron chi connectivity index (χ1n) is 7.07. The Labute approximate surface area is 128 Å². The third kappa shape index (κ3) is 2.47. The predicted molar refractivity (Wildman–Crippen MR) is 82.7 cm³/mol. The summed E-state index contributed by atoms with van der Waals surface area (Å²) in [6, 6.07) is 9.36. The lowest BCUT2D eigenvalue weighted by atomic mass is 9.93. The van der Waals surface area contributed by atoms with Crippen molar-refractivity contribution in [1.29, 1.82) is 0 Å². The maximum atomic E-state index is 12.5. The lowest BCUT2D eigenvalue weighted by molar-refractivity contribution is 0.328. The van der Waals surface area contributed by atoms with Crippen molar-refractivity contribution in [2.45, 2.75) is 33.1 Å². The zero-order valence-electron chi connectivity index (χ0n) is 13.1. The second-order valence-electron chi connectivity index (χ2n) is 6.33. The second kappa shape index (κ2) is 4.98. The smallest absolute Gasteiger partial charge is 0.356 e. The van der Waals surface area contributed by atoms with Gasteiger partial charge in [0.05, 0.1) is 5.69 Å². The molecule has 0 unspecified atom stereocenters. The van der Waals surface area contributed by atoms with E-state index in [2.05, 4.69) is 10.3 Å². The van der Waals surface area contributed by atoms with E-state index >= 15 is 0 Å². The number of aromatic nitrogens is 4. The van der Waals surface area contributed by atoms with Crippen LogP contribution in [0.1, 0.15) is 32.1 Å². The van der Waals surface area contributed by atoms with Crippen molar-refractivity contribution in [2.75, 3.05) is 0 Å². The van der Waals surface area contributed by atoms with Crippen LogP contribution in [0.2, 0.25) is 0 Å². The zero-order chi connectivity index (χ0) is 15.9. The van der Waals surface area contributed by atoms with Gasteiger partial charge in [0.25, 0.3) is 0 Å². The molecule has 2 aromatic heterocycles. The first-order chi connectivity index (χ1) is 10.4. The quantitative estimate of drug-likeness (QED) is 0.729. The predicted octanol–water partition coefficient (Wildman–Crippen LogP) is 2.62. The van der Waals surface area contributed by atoms with Crippen molar-refractivity contribution < 1.29 is 4.52 Å². The van der Waals surface area contributed by atoms with Crippen molar-refractivity contribution in [3.63, 3.8) is 0 Å². The number of rotatable bonds is 2. The van der Waals surface area contributed by atoms with Gasteiger partial charge in [0.15, 0.2) is 5.82 Å². The summed E-state index contributed by atoms with van der Waals surface area (Å²) < 4.78 is 8.03. The van der Waals surface area contributed by atoms with Crippen molar-refractivity contribution >= 4 is 0 Å². The second-order valence-corrected chi connectivity index (χ2v) is 6.33. The summed E-state index contributed by atoms with van der Waals surface area (Å²) in [7, 11) is 0. The van der Waals surface area contributed by atoms with Gasteiger partial charge in [0.2, 0.25) is 0 Å². The zero-order valence-corrected chi connectivity index (χ0v) is 13.1. The van der Waals surface area contributed by atoms with Gasteiger partial charge in [0, 0.05) is 11.5 Å². The Bertz CT molecular complexity index is 847. The van der Waals surface area contributed by atoms with Gasteiger partial charge in [-0.15, -0.1) is 0 Å². The third-order valence-corrected chi connectivity index (χ3v) is 3.43. The van der Waals surface area contributed by atoms with Gasteiger partial charge in [-0.05, 0) is 19.1 Å². The van der Waals surface area contributed by atoms with Crippen LogP contribution in [0.15, 0.2) is 46.0 Å². The molecule has 2 heterocycles. The van der Waals surface area contributed by atoms with Gasteiger partial charge >= 0.3 is 5.69 Å². The molecule has 0 atom stereocenters. The lowest BCUT2D eigenvalue weighted by Crippen LogP contribution is -2.22. The molecular formula is C16H18N4O2. The largest absolute Gasteiger partial charge is 0.359 e. The van der Waals surface area contributed by atoms with E-state index in [1.54, 1.807) is 6.07 Å². The maximum absolute atomic E-state index is 12.5. The van der Waals surface area contributed by atoms with Crippen LogP contribution in [0.5, 0.6) is 0 Å². The van der Waals surface area contributed by atoms with E-state index in [1.807, 2.05) is 52.0 Å². The summed E-state index contributed by atoms with van der Waals surface area (Å²) in [5.41, 5.74) is 1.40. The van der Waals surface area contributed by atoms with Crippen molar-refractivity contribution in [3.05, 3.63) is 58.5 Å². The minimum Gasteiger partial charge on any atom is -0.359 e. The SMILES string of the molecule is Cc1ccc(-n2ncn(-c3cc(C(C)(C)C)on3)c2=O)cc1. The lowest BCUT2D eigenvalue weighted by Gasteiger charge is -2.11. The van der Waals surface area contributed by atoms with Gasteiger partial charge in [-0.1, -0.05) is 43.6 Å². The highest BCUT2D eigenvalue weighted by Crippen LogP contribution is 2.23. The van der Waals surface area contributed by atoms with E-state index in [0.29, 0.717) is 11.5 Å². The Morgan fingerprint density at radius 3 is 2.41 bits per heavy atom. The highest BCUT2D eigenvalue weighted by molar-refractivity contribution is 5.33. The van der Waals surface area contributed by atoms with Crippen molar-refractivity contribution in [1.82, 2.24) is 19.5 Å². The highest BCUT2D eigenvalue weighted by atomic mass is 16.5. The van der Waals surface area contributed by atoms with Crippen LogP contribution < -0.4 is 5.69 Å². The Hall–Kier alpha value is -2.63. The molecule has 0 N–H and O–H groups in total. The number of benzene rings is 1. The Morgan fingerprint density at radius 1 is 1.14 bits per heavy atom. The van der Waals surface area contributed by atoms with Gasteiger partial charge in [0.1, 0.15) is 12.1 Å². The normalized spacial score (nSPS) is 11.8. The minimum absolute atomic E-state index is 0.165. The molecule has 3 aromatic rings. The van der Waals surface area contributed by atoms with Crippen LogP contribution in [0, 0.1) is 6.92 Å². The van der Waals surface area contributed by atoms with E-state index in [0.717, 1.165) is 11.3 Å². The highest BCUT2D eigenvalue weighted by Gasteiger charge is 2.21. The average Bonchev–Trinajstić information content (AvgIpc) is 3.06. The number of hydrogen-bond acceptors (Lipinski definition) is 4. The summed E-state index contributed by atoms with van der Waals surface area (Å²) in [6.07, 6.45) is 1.45. The van der Waals surface area contributed by atoms with Gasteiger partial charge in [-0.2, -0.15) is 9.78 Å². The maximum Gasteiger partial charge on any atom is 0.356 e. The van der Waals surface area contributed by atoms with E-state index < -0.39 is 0 Å². The minimum atomic E-state index is -0.280. The molecule has 6 heteroatoms. The standard InChI is InChI=1S/C16H18N4O2/c1-11-5-7-12(8-6-11)20-15(21)19(10-17-20)14-9-13(22-18-14)16(2,3)4/h5-10H,1-4H3. The molecule has 22 heavy (non-hydrogen) atoms. The average molecular weight is 298 g/mol. The van der Waals surface area contributed by atoms with Crippen LogP contribution in [-0.2, 0) is 5.41 Å². The Balaban J connectivity index is 2.02. The Morgan fingerprint density at radius 2 is 1.82 bits per heavy atom. The molecule has 3 rings (SSSR count). The van der Waals surface area contributed by atoms with Crippen molar-refractivity contribution in [2.24, 2.45) is 0 Å². The molecule has 6 nitrogen and oxygen atoms in total. The van der Waals surface area contributed by atoms with E-state index in [-0.39, 0.29) is 11.1 Å². The molecule has 1 aromatic carbocycles. The number of hydrogen-bond donors (Lipinski definition) is 0. The van der Waals surface area contributed by atoms with Crippen LogP contribution in [0.4, 0.5) is 0 Å². The summed E-state index contributed by atoms with van der Waals surface area (Å²) in [4.78, 5) is 12.5. The number of aryl methyl sites for hydroxylation is 1. The molecular weight excluding hydrogens is 280 g/mol. The molecule has 114 valence electrons. The summed E-state index contributed by atoms with van der Waals surface area (Å²) in [5, 5.41) is 8.12. The monoisotopic (exact) mass is 298 g/mol.